The molecule has 14 heteroatoms. The highest BCUT2D eigenvalue weighted by atomic mass is 32.2. The van der Waals surface area contributed by atoms with Crippen LogP contribution >= 0.6 is 0 Å². The molecule has 5 rings (SSSR count). The minimum atomic E-state index is -6.08. The minimum Gasteiger partial charge on any atom is -0.369 e. The number of fused-ring (bicyclic) bond motifs is 1. The fourth-order valence-corrected chi connectivity index (χ4v) is 5.26. The molecule has 3 aromatic carbocycles. The first-order valence-corrected chi connectivity index (χ1v) is 14.6. The first-order valence-electron chi connectivity index (χ1n) is 12.7. The highest BCUT2D eigenvalue weighted by Gasteiger charge is 2.71. The summed E-state index contributed by atoms with van der Waals surface area (Å²) < 4.78 is 112. The zero-order valence-corrected chi connectivity index (χ0v) is 23.6. The minimum absolute atomic E-state index is 0.0548. The summed E-state index contributed by atoms with van der Waals surface area (Å²) in [5.41, 5.74) is -5.06. The first-order chi connectivity index (χ1) is 20.5. The molecule has 0 aliphatic heterocycles. The number of aromatic nitrogens is 3. The van der Waals surface area contributed by atoms with Crippen LogP contribution in [0.25, 0.3) is 33.7 Å². The van der Waals surface area contributed by atoms with Gasteiger partial charge in [-0.3, -0.25) is 4.98 Å². The van der Waals surface area contributed by atoms with Crippen molar-refractivity contribution in [3.05, 3.63) is 107 Å². The third-order valence-electron chi connectivity index (χ3n) is 6.80. The molecule has 0 radical (unpaired) electrons. The normalized spacial score (nSPS) is 13.4. The van der Waals surface area contributed by atoms with E-state index in [1.54, 1.807) is 19.1 Å². The van der Waals surface area contributed by atoms with Crippen molar-refractivity contribution in [2.75, 3.05) is 6.26 Å². The second kappa shape index (κ2) is 10.9. The lowest BCUT2D eigenvalue weighted by molar-refractivity contribution is -0.376. The maximum atomic E-state index is 13.8. The Balaban J connectivity index is 1.70. The summed E-state index contributed by atoms with van der Waals surface area (Å²) >= 11 is 0. The van der Waals surface area contributed by atoms with E-state index in [2.05, 4.69) is 15.1 Å². The molecule has 1 N–H and O–H groups in total. The van der Waals surface area contributed by atoms with Crippen molar-refractivity contribution in [3.8, 4) is 11.1 Å². The van der Waals surface area contributed by atoms with Crippen molar-refractivity contribution in [3.63, 3.8) is 0 Å². The molecule has 0 spiro atoms. The molecule has 0 saturated heterocycles. The van der Waals surface area contributed by atoms with E-state index in [9.17, 15) is 39.9 Å². The number of pyridine rings is 1. The molecule has 0 saturated carbocycles. The van der Waals surface area contributed by atoms with Crippen molar-refractivity contribution in [1.29, 1.82) is 0 Å². The second-order valence-electron chi connectivity index (χ2n) is 9.93. The molecule has 0 atom stereocenters. The van der Waals surface area contributed by atoms with E-state index in [0.717, 1.165) is 6.26 Å². The highest BCUT2D eigenvalue weighted by molar-refractivity contribution is 7.90. The number of hydrogen-bond donors (Lipinski definition) is 1. The van der Waals surface area contributed by atoms with Crippen molar-refractivity contribution < 1.29 is 44.4 Å². The Labute approximate surface area is 246 Å². The van der Waals surface area contributed by atoms with Gasteiger partial charge in [-0.15, -0.1) is 0 Å². The maximum absolute atomic E-state index is 13.8. The number of halogens is 6. The van der Waals surface area contributed by atoms with Crippen molar-refractivity contribution in [1.82, 2.24) is 15.1 Å². The molecule has 0 fully saturated rings. The number of rotatable bonds is 6. The summed E-state index contributed by atoms with van der Waals surface area (Å²) in [6.07, 6.45) is -8.17. The number of hydrogen-bond acceptors (Lipinski definition) is 7. The predicted octanol–water partition coefficient (Wildman–Crippen LogP) is 6.90. The lowest BCUT2D eigenvalue weighted by Crippen LogP contribution is -2.53. The molecule has 2 heterocycles. The quantitative estimate of drug-likeness (QED) is 0.160. The van der Waals surface area contributed by atoms with Crippen LogP contribution in [-0.4, -0.2) is 47.3 Å². The summed E-state index contributed by atoms with van der Waals surface area (Å²) in [6, 6.07) is 15.9. The molecule has 0 aliphatic rings. The monoisotopic (exact) mass is 633 g/mol. The second-order valence-corrected chi connectivity index (χ2v) is 11.9. The van der Waals surface area contributed by atoms with Gasteiger partial charge in [0.1, 0.15) is 0 Å². The van der Waals surface area contributed by atoms with E-state index in [1.165, 1.54) is 60.8 Å². The smallest absolute Gasteiger partial charge is 0.369 e. The third kappa shape index (κ3) is 5.69. The van der Waals surface area contributed by atoms with E-state index < -0.39 is 33.4 Å². The maximum Gasteiger partial charge on any atom is 0.430 e. The summed E-state index contributed by atoms with van der Waals surface area (Å²) in [4.78, 5) is 8.50. The average molecular weight is 634 g/mol. The SMILES string of the molecule is Cc1noc(C(=Cc2cccc(-c3cc(C(O)(C(F)(F)F)C(F)(F)F)cc4cccnc34)c2)c2ccc(S(C)(=O)=O)cc2)n1. The van der Waals surface area contributed by atoms with Gasteiger partial charge < -0.3 is 9.63 Å². The molecule has 5 aromatic rings. The van der Waals surface area contributed by atoms with Crippen LogP contribution in [0.15, 0.2) is 88.4 Å². The van der Waals surface area contributed by atoms with Gasteiger partial charge in [0.25, 0.3) is 11.5 Å². The Kier molecular flexibility index (Phi) is 7.62. The van der Waals surface area contributed by atoms with Gasteiger partial charge in [0.15, 0.2) is 15.7 Å². The Bertz CT molecular complexity index is 1990. The lowest BCUT2D eigenvalue weighted by Gasteiger charge is -2.33. The summed E-state index contributed by atoms with van der Waals surface area (Å²) in [5, 5.41) is 13.9. The highest BCUT2D eigenvalue weighted by Crippen LogP contribution is 2.51. The largest absolute Gasteiger partial charge is 0.430 e. The van der Waals surface area contributed by atoms with Crippen LogP contribution in [0, 0.1) is 6.92 Å². The topological polar surface area (TPSA) is 106 Å². The van der Waals surface area contributed by atoms with Gasteiger partial charge >= 0.3 is 12.4 Å². The van der Waals surface area contributed by atoms with Crippen LogP contribution in [0.5, 0.6) is 0 Å². The van der Waals surface area contributed by atoms with E-state index in [-0.39, 0.29) is 32.8 Å². The van der Waals surface area contributed by atoms with E-state index >= 15 is 0 Å². The molecule has 0 amide bonds. The summed E-state index contributed by atoms with van der Waals surface area (Å²) in [7, 11) is -3.49. The molecular formula is C30H21F6N3O4S. The van der Waals surface area contributed by atoms with Crippen LogP contribution < -0.4 is 0 Å². The standard InChI is InChI=1S/C30H21F6N3O4S/c1-17-38-27(43-39-17)25(19-8-10-23(11-9-19)44(2,41)42)14-18-5-3-6-20(13-18)24-16-22(15-21-7-4-12-37-26(21)24)28(40,29(31,32)33)30(34,35)36/h3-16,40H,1-2H3. The van der Waals surface area contributed by atoms with E-state index in [4.69, 9.17) is 4.52 Å². The molecular weight excluding hydrogens is 612 g/mol. The fraction of sp³-hybridized carbons (Fsp3) is 0.167. The number of alkyl halides is 6. The van der Waals surface area contributed by atoms with Crippen LogP contribution in [0.2, 0.25) is 0 Å². The summed E-state index contributed by atoms with van der Waals surface area (Å²) in [5.74, 6) is 0.387. The van der Waals surface area contributed by atoms with Crippen molar-refractivity contribution >= 4 is 32.4 Å². The zero-order valence-electron chi connectivity index (χ0n) is 22.8. The van der Waals surface area contributed by atoms with E-state index in [0.29, 0.717) is 34.7 Å². The van der Waals surface area contributed by atoms with Gasteiger partial charge in [-0.1, -0.05) is 41.6 Å². The summed E-state index contributed by atoms with van der Waals surface area (Å²) in [6.45, 7) is 1.59. The molecule has 228 valence electrons. The van der Waals surface area contributed by atoms with Gasteiger partial charge in [0.2, 0.25) is 0 Å². The van der Waals surface area contributed by atoms with Gasteiger partial charge in [-0.25, -0.2) is 8.42 Å². The lowest BCUT2D eigenvalue weighted by atomic mass is 9.87. The Hall–Kier alpha value is -4.56. The number of benzene rings is 3. The van der Waals surface area contributed by atoms with E-state index in [1.807, 2.05) is 0 Å². The average Bonchev–Trinajstić information content (AvgIpc) is 3.39. The number of aliphatic hydroxyl groups is 1. The zero-order chi connectivity index (χ0) is 32.1. The van der Waals surface area contributed by atoms with Crippen LogP contribution in [0.1, 0.15) is 28.4 Å². The predicted molar refractivity (Wildman–Crippen MR) is 149 cm³/mol. The Morgan fingerprint density at radius 3 is 2.18 bits per heavy atom. The van der Waals surface area contributed by atoms with Crippen LogP contribution in [0.3, 0.4) is 0 Å². The molecule has 2 aromatic heterocycles. The molecule has 0 unspecified atom stereocenters. The molecule has 44 heavy (non-hydrogen) atoms. The Morgan fingerprint density at radius 1 is 0.909 bits per heavy atom. The molecule has 7 nitrogen and oxygen atoms in total. The van der Waals surface area contributed by atoms with Gasteiger partial charge in [-0.2, -0.15) is 31.3 Å². The van der Waals surface area contributed by atoms with Gasteiger partial charge in [0, 0.05) is 34.5 Å². The third-order valence-corrected chi connectivity index (χ3v) is 7.93. The number of aryl methyl sites for hydroxylation is 1. The molecule has 0 aliphatic carbocycles. The number of sulfone groups is 1. The van der Waals surface area contributed by atoms with Crippen LogP contribution in [0.4, 0.5) is 26.3 Å². The fourth-order valence-electron chi connectivity index (χ4n) is 4.63. The Morgan fingerprint density at radius 2 is 1.59 bits per heavy atom. The van der Waals surface area contributed by atoms with Gasteiger partial charge in [0.05, 0.1) is 10.4 Å². The van der Waals surface area contributed by atoms with Crippen molar-refractivity contribution in [2.24, 2.45) is 0 Å². The number of nitrogens with zero attached hydrogens (tertiary/aromatic N) is 3. The van der Waals surface area contributed by atoms with Gasteiger partial charge in [-0.05, 0) is 66.1 Å². The molecule has 0 bridgehead atoms. The van der Waals surface area contributed by atoms with Crippen molar-refractivity contribution in [2.45, 2.75) is 29.8 Å². The van der Waals surface area contributed by atoms with Crippen LogP contribution in [-0.2, 0) is 15.4 Å². The first kappa shape index (κ1) is 30.9.